The summed E-state index contributed by atoms with van der Waals surface area (Å²) in [5, 5.41) is 9.42. The molecule has 1 aromatic carbocycles. The molecule has 0 N–H and O–H groups in total. The summed E-state index contributed by atoms with van der Waals surface area (Å²) in [4.78, 5) is 12.7. The minimum absolute atomic E-state index is 0.0522. The molecule has 1 fully saturated rings. The van der Waals surface area contributed by atoms with E-state index in [0.717, 1.165) is 40.3 Å². The molecular weight excluding hydrogens is 348 g/mol. The van der Waals surface area contributed by atoms with Gasteiger partial charge in [-0.2, -0.15) is 0 Å². The van der Waals surface area contributed by atoms with Crippen LogP contribution in [0.5, 0.6) is 0 Å². The number of benzene rings is 1. The van der Waals surface area contributed by atoms with Gasteiger partial charge in [-0.1, -0.05) is 15.9 Å². The van der Waals surface area contributed by atoms with Crippen molar-refractivity contribution in [3.8, 4) is 0 Å². The molecule has 3 aromatic rings. The molecule has 4 rings (SSSR count). The average Bonchev–Trinajstić information content (AvgIpc) is 2.80. The molecule has 0 aliphatic carbocycles. The van der Waals surface area contributed by atoms with Gasteiger partial charge in [0.05, 0.1) is 18.2 Å². The van der Waals surface area contributed by atoms with Crippen LogP contribution in [0, 0.1) is 0 Å². The lowest BCUT2D eigenvalue weighted by Crippen LogP contribution is -2.31. The van der Waals surface area contributed by atoms with Gasteiger partial charge in [-0.15, -0.1) is 10.2 Å². The number of rotatable bonds is 1. The Morgan fingerprint density at radius 3 is 3.00 bits per heavy atom. The van der Waals surface area contributed by atoms with E-state index in [1.165, 1.54) is 0 Å². The molecular formula is C15H15BrN4O2. The molecule has 22 heavy (non-hydrogen) atoms. The molecule has 0 saturated carbocycles. The highest BCUT2D eigenvalue weighted by Gasteiger charge is 2.24. The molecule has 0 bridgehead atoms. The van der Waals surface area contributed by atoms with E-state index in [-0.39, 0.29) is 11.7 Å². The van der Waals surface area contributed by atoms with Gasteiger partial charge in [-0.05, 0) is 31.0 Å². The van der Waals surface area contributed by atoms with E-state index in [1.807, 2.05) is 22.8 Å². The Balaban J connectivity index is 2.11. The number of ether oxygens (including phenoxy) is 1. The number of aryl methyl sites for hydroxylation is 1. The van der Waals surface area contributed by atoms with Crippen LogP contribution in [-0.4, -0.2) is 32.5 Å². The molecule has 0 amide bonds. The Morgan fingerprint density at radius 1 is 1.36 bits per heavy atom. The Hall–Kier alpha value is -1.73. The second-order valence-electron chi connectivity index (χ2n) is 5.62. The van der Waals surface area contributed by atoms with E-state index >= 15 is 0 Å². The Labute approximate surface area is 134 Å². The lowest BCUT2D eigenvalue weighted by molar-refractivity contribution is 0.0593. The standard InChI is InChI=1S/C15H15BrN4O2/c1-19-14-13(11-7-9(16)4-5-12(11)17-18-14)20(15(19)21)10-3-2-6-22-8-10/h4-5,7,10H,2-3,6,8H2,1H3. The third kappa shape index (κ3) is 1.99. The summed E-state index contributed by atoms with van der Waals surface area (Å²) in [7, 11) is 1.74. The first-order chi connectivity index (χ1) is 10.7. The zero-order valence-corrected chi connectivity index (χ0v) is 13.7. The van der Waals surface area contributed by atoms with Crippen LogP contribution in [0.4, 0.5) is 0 Å². The fraction of sp³-hybridized carbons (Fsp3) is 0.400. The van der Waals surface area contributed by atoms with E-state index in [9.17, 15) is 4.79 Å². The molecule has 6 nitrogen and oxygen atoms in total. The monoisotopic (exact) mass is 362 g/mol. The molecule has 0 spiro atoms. The van der Waals surface area contributed by atoms with Crippen LogP contribution in [0.3, 0.4) is 0 Å². The summed E-state index contributed by atoms with van der Waals surface area (Å²) in [5.74, 6) is 0. The summed E-state index contributed by atoms with van der Waals surface area (Å²) in [6.45, 7) is 1.33. The first kappa shape index (κ1) is 13.9. The van der Waals surface area contributed by atoms with Gasteiger partial charge in [0.2, 0.25) is 0 Å². The van der Waals surface area contributed by atoms with Gasteiger partial charge in [-0.25, -0.2) is 4.79 Å². The van der Waals surface area contributed by atoms with Gasteiger partial charge in [-0.3, -0.25) is 9.13 Å². The first-order valence-electron chi connectivity index (χ1n) is 7.27. The molecule has 7 heteroatoms. The summed E-state index contributed by atoms with van der Waals surface area (Å²) in [5.41, 5.74) is 2.18. The minimum Gasteiger partial charge on any atom is -0.379 e. The maximum absolute atomic E-state index is 12.7. The first-order valence-corrected chi connectivity index (χ1v) is 8.07. The normalized spacial score (nSPS) is 19.1. The third-order valence-corrected chi connectivity index (χ3v) is 4.72. The minimum atomic E-state index is -0.0627. The van der Waals surface area contributed by atoms with Gasteiger partial charge in [0, 0.05) is 23.5 Å². The van der Waals surface area contributed by atoms with Gasteiger partial charge in [0.25, 0.3) is 0 Å². The van der Waals surface area contributed by atoms with Crippen molar-refractivity contribution in [2.75, 3.05) is 13.2 Å². The number of hydrogen-bond donors (Lipinski definition) is 0. The predicted octanol–water partition coefficient (Wildman–Crippen LogP) is 2.40. The van der Waals surface area contributed by atoms with Crippen molar-refractivity contribution in [3.63, 3.8) is 0 Å². The molecule has 1 atom stereocenters. The summed E-state index contributed by atoms with van der Waals surface area (Å²) < 4.78 is 9.92. The van der Waals surface area contributed by atoms with Crippen LogP contribution in [0.15, 0.2) is 27.5 Å². The molecule has 1 unspecified atom stereocenters. The van der Waals surface area contributed by atoms with Crippen LogP contribution in [0.1, 0.15) is 18.9 Å². The molecule has 2 aromatic heterocycles. The number of fused-ring (bicyclic) bond motifs is 3. The molecule has 0 radical (unpaired) electrons. The average molecular weight is 363 g/mol. The number of aromatic nitrogens is 4. The van der Waals surface area contributed by atoms with E-state index in [2.05, 4.69) is 26.1 Å². The quantitative estimate of drug-likeness (QED) is 0.666. The van der Waals surface area contributed by atoms with Crippen LogP contribution < -0.4 is 5.69 Å². The smallest absolute Gasteiger partial charge is 0.330 e. The van der Waals surface area contributed by atoms with E-state index in [0.29, 0.717) is 12.3 Å². The summed E-state index contributed by atoms with van der Waals surface area (Å²) in [6.07, 6.45) is 1.91. The van der Waals surface area contributed by atoms with Crippen molar-refractivity contribution >= 4 is 38.0 Å². The van der Waals surface area contributed by atoms with Gasteiger partial charge >= 0.3 is 5.69 Å². The van der Waals surface area contributed by atoms with E-state index in [4.69, 9.17) is 4.74 Å². The van der Waals surface area contributed by atoms with Gasteiger partial charge < -0.3 is 4.74 Å². The van der Waals surface area contributed by atoms with Crippen molar-refractivity contribution in [1.82, 2.24) is 19.3 Å². The Morgan fingerprint density at radius 2 is 2.23 bits per heavy atom. The number of hydrogen-bond acceptors (Lipinski definition) is 4. The van der Waals surface area contributed by atoms with Crippen molar-refractivity contribution in [3.05, 3.63) is 33.2 Å². The van der Waals surface area contributed by atoms with Crippen molar-refractivity contribution in [2.24, 2.45) is 7.05 Å². The predicted molar refractivity (Wildman–Crippen MR) is 87.1 cm³/mol. The highest BCUT2D eigenvalue weighted by molar-refractivity contribution is 9.10. The molecule has 114 valence electrons. The number of nitrogens with zero attached hydrogens (tertiary/aromatic N) is 4. The summed E-state index contributed by atoms with van der Waals surface area (Å²) >= 11 is 3.50. The Bertz CT molecular complexity index is 925. The maximum atomic E-state index is 12.7. The molecule has 1 saturated heterocycles. The zero-order valence-electron chi connectivity index (χ0n) is 12.1. The van der Waals surface area contributed by atoms with Crippen LogP contribution in [0.25, 0.3) is 22.1 Å². The lowest BCUT2D eigenvalue weighted by atomic mass is 10.1. The SMILES string of the molecule is Cn1c(=O)n(C2CCCOC2)c2c3cc(Br)ccc3nnc21. The highest BCUT2D eigenvalue weighted by atomic mass is 79.9. The second kappa shape index (κ2) is 5.17. The largest absolute Gasteiger partial charge is 0.379 e. The van der Waals surface area contributed by atoms with Crippen LogP contribution in [0.2, 0.25) is 0 Å². The fourth-order valence-corrected chi connectivity index (χ4v) is 3.49. The van der Waals surface area contributed by atoms with Crippen molar-refractivity contribution < 1.29 is 4.74 Å². The van der Waals surface area contributed by atoms with Crippen molar-refractivity contribution in [2.45, 2.75) is 18.9 Å². The molecule has 1 aliphatic rings. The van der Waals surface area contributed by atoms with Crippen molar-refractivity contribution in [1.29, 1.82) is 0 Å². The van der Waals surface area contributed by atoms with E-state index in [1.54, 1.807) is 11.6 Å². The zero-order chi connectivity index (χ0) is 15.3. The Kier molecular flexibility index (Phi) is 3.27. The van der Waals surface area contributed by atoms with Crippen LogP contribution >= 0.6 is 15.9 Å². The fourth-order valence-electron chi connectivity index (χ4n) is 3.13. The molecule has 1 aliphatic heterocycles. The van der Waals surface area contributed by atoms with E-state index < -0.39 is 0 Å². The number of halogens is 1. The second-order valence-corrected chi connectivity index (χ2v) is 6.53. The summed E-state index contributed by atoms with van der Waals surface area (Å²) in [6, 6.07) is 5.88. The number of imidazole rings is 1. The van der Waals surface area contributed by atoms with Gasteiger partial charge in [0.1, 0.15) is 5.52 Å². The highest BCUT2D eigenvalue weighted by Crippen LogP contribution is 2.28. The van der Waals surface area contributed by atoms with Crippen LogP contribution in [-0.2, 0) is 11.8 Å². The maximum Gasteiger partial charge on any atom is 0.330 e. The topological polar surface area (TPSA) is 61.9 Å². The lowest BCUT2D eigenvalue weighted by Gasteiger charge is -2.23. The van der Waals surface area contributed by atoms with Gasteiger partial charge in [0.15, 0.2) is 5.65 Å². The molecule has 3 heterocycles. The third-order valence-electron chi connectivity index (χ3n) is 4.23.